The summed E-state index contributed by atoms with van der Waals surface area (Å²) in [5.41, 5.74) is 0.711. The van der Waals surface area contributed by atoms with E-state index in [1.165, 1.54) is 0 Å². The van der Waals surface area contributed by atoms with Crippen LogP contribution in [0.3, 0.4) is 0 Å². The maximum absolute atomic E-state index is 11.8. The highest BCUT2D eigenvalue weighted by Gasteiger charge is 2.29. The smallest absolute Gasteiger partial charge is 0.422 e. The van der Waals surface area contributed by atoms with E-state index in [9.17, 15) is 18.0 Å². The molecule has 1 N–H and O–H groups in total. The van der Waals surface area contributed by atoms with Crippen molar-refractivity contribution in [3.05, 3.63) is 34.9 Å². The first-order valence-electron chi connectivity index (χ1n) is 5.03. The summed E-state index contributed by atoms with van der Waals surface area (Å²) in [4.78, 5) is 11.1. The first kappa shape index (κ1) is 14.6. The number of ether oxygens (including phenoxy) is 1. The molecule has 1 unspecified atom stereocenters. The molecule has 3 nitrogen and oxygen atoms in total. The maximum Gasteiger partial charge on any atom is 0.422 e. The van der Waals surface area contributed by atoms with Gasteiger partial charge in [-0.1, -0.05) is 23.7 Å². The van der Waals surface area contributed by atoms with E-state index >= 15 is 0 Å². The van der Waals surface area contributed by atoms with Crippen LogP contribution in [0.5, 0.6) is 0 Å². The van der Waals surface area contributed by atoms with Gasteiger partial charge in [0, 0.05) is 5.02 Å². The number of amides is 1. The highest BCUT2D eigenvalue weighted by Crippen LogP contribution is 2.17. The van der Waals surface area contributed by atoms with Gasteiger partial charge >= 0.3 is 12.3 Å². The van der Waals surface area contributed by atoms with Crippen LogP contribution >= 0.6 is 11.6 Å². The Bertz CT molecular complexity index is 406. The van der Waals surface area contributed by atoms with Crippen molar-refractivity contribution in [1.29, 1.82) is 0 Å². The van der Waals surface area contributed by atoms with E-state index in [0.29, 0.717) is 10.6 Å². The third-order valence-corrected chi connectivity index (χ3v) is 2.32. The topological polar surface area (TPSA) is 38.3 Å². The number of alkyl carbamates (subject to hydrolysis) is 1. The number of hydrogen-bond donors (Lipinski definition) is 1. The molecule has 1 aromatic rings. The van der Waals surface area contributed by atoms with Gasteiger partial charge in [0.05, 0.1) is 6.04 Å². The van der Waals surface area contributed by atoms with Gasteiger partial charge in [0.25, 0.3) is 0 Å². The first-order valence-corrected chi connectivity index (χ1v) is 5.41. The lowest BCUT2D eigenvalue weighted by Gasteiger charge is -2.15. The van der Waals surface area contributed by atoms with E-state index < -0.39 is 24.9 Å². The van der Waals surface area contributed by atoms with Crippen LogP contribution in [0.4, 0.5) is 18.0 Å². The second-order valence-corrected chi connectivity index (χ2v) is 4.05. The monoisotopic (exact) mass is 281 g/mol. The number of alkyl halides is 3. The Hall–Kier alpha value is -1.43. The van der Waals surface area contributed by atoms with Crippen LogP contribution in [-0.4, -0.2) is 18.9 Å². The highest BCUT2D eigenvalue weighted by atomic mass is 35.5. The van der Waals surface area contributed by atoms with Crippen molar-refractivity contribution in [2.45, 2.75) is 19.1 Å². The van der Waals surface area contributed by atoms with Crippen LogP contribution in [0.25, 0.3) is 0 Å². The van der Waals surface area contributed by atoms with Crippen LogP contribution in [-0.2, 0) is 4.74 Å². The fourth-order valence-electron chi connectivity index (χ4n) is 1.20. The molecular weight excluding hydrogens is 271 g/mol. The van der Waals surface area contributed by atoms with Crippen LogP contribution in [0, 0.1) is 0 Å². The predicted octanol–water partition coefficient (Wildman–Crippen LogP) is 3.69. The molecule has 18 heavy (non-hydrogen) atoms. The zero-order valence-electron chi connectivity index (χ0n) is 9.42. The number of benzene rings is 1. The zero-order chi connectivity index (χ0) is 13.8. The highest BCUT2D eigenvalue weighted by molar-refractivity contribution is 6.30. The third-order valence-electron chi connectivity index (χ3n) is 2.07. The number of carbonyl (C=O) groups is 1. The normalized spacial score (nSPS) is 12.9. The number of rotatable bonds is 3. The van der Waals surface area contributed by atoms with Gasteiger partial charge < -0.3 is 10.1 Å². The van der Waals surface area contributed by atoms with Gasteiger partial charge in [-0.2, -0.15) is 13.2 Å². The summed E-state index contributed by atoms with van der Waals surface area (Å²) in [6.07, 6.45) is -5.64. The van der Waals surface area contributed by atoms with Gasteiger partial charge in [-0.3, -0.25) is 0 Å². The molecule has 1 aromatic carbocycles. The SMILES string of the molecule is CC(NC(=O)OCC(F)(F)F)c1ccc(Cl)cc1. The van der Waals surface area contributed by atoms with Crippen molar-refractivity contribution in [3.8, 4) is 0 Å². The lowest BCUT2D eigenvalue weighted by Crippen LogP contribution is -2.30. The van der Waals surface area contributed by atoms with Crippen molar-refractivity contribution >= 4 is 17.7 Å². The molecule has 1 amide bonds. The lowest BCUT2D eigenvalue weighted by atomic mass is 10.1. The van der Waals surface area contributed by atoms with Crippen LogP contribution in [0.15, 0.2) is 24.3 Å². The van der Waals surface area contributed by atoms with Crippen molar-refractivity contribution in [2.75, 3.05) is 6.61 Å². The molecule has 0 heterocycles. The second kappa shape index (κ2) is 5.95. The Morgan fingerprint density at radius 2 is 1.94 bits per heavy atom. The van der Waals surface area contributed by atoms with Crippen molar-refractivity contribution in [3.63, 3.8) is 0 Å². The summed E-state index contributed by atoms with van der Waals surface area (Å²) in [7, 11) is 0. The van der Waals surface area contributed by atoms with Gasteiger partial charge in [0.1, 0.15) is 0 Å². The van der Waals surface area contributed by atoms with Gasteiger partial charge in [0.2, 0.25) is 0 Å². The van der Waals surface area contributed by atoms with Crippen molar-refractivity contribution in [2.24, 2.45) is 0 Å². The average Bonchev–Trinajstić information content (AvgIpc) is 2.26. The van der Waals surface area contributed by atoms with Gasteiger partial charge in [-0.25, -0.2) is 4.79 Å². The third kappa shape index (κ3) is 5.27. The molecule has 0 saturated heterocycles. The summed E-state index contributed by atoms with van der Waals surface area (Å²) in [5.74, 6) is 0. The Morgan fingerprint density at radius 1 is 1.39 bits per heavy atom. The summed E-state index contributed by atoms with van der Waals surface area (Å²) >= 11 is 5.68. The lowest BCUT2D eigenvalue weighted by molar-refractivity contribution is -0.160. The number of nitrogens with one attached hydrogen (secondary N) is 1. The molecule has 0 aliphatic carbocycles. The molecule has 1 rings (SSSR count). The standard InChI is InChI=1S/C11H11ClF3NO2/c1-7(8-2-4-9(12)5-3-8)16-10(17)18-6-11(13,14)15/h2-5,7H,6H2,1H3,(H,16,17). The molecular formula is C11H11ClF3NO2. The predicted molar refractivity (Wildman–Crippen MR) is 60.4 cm³/mol. The maximum atomic E-state index is 11.8. The van der Waals surface area contributed by atoms with E-state index in [2.05, 4.69) is 10.1 Å². The van der Waals surface area contributed by atoms with Crippen molar-refractivity contribution < 1.29 is 22.7 Å². The first-order chi connectivity index (χ1) is 8.28. The van der Waals surface area contributed by atoms with Crippen LogP contribution < -0.4 is 5.32 Å². The molecule has 0 aromatic heterocycles. The molecule has 1 atom stereocenters. The molecule has 0 aliphatic rings. The second-order valence-electron chi connectivity index (χ2n) is 3.61. The molecule has 0 bridgehead atoms. The molecule has 7 heteroatoms. The largest absolute Gasteiger partial charge is 0.440 e. The fourth-order valence-corrected chi connectivity index (χ4v) is 1.33. The van der Waals surface area contributed by atoms with Gasteiger partial charge in [-0.15, -0.1) is 0 Å². The molecule has 0 fully saturated rings. The minimum absolute atomic E-state index is 0.469. The number of hydrogen-bond acceptors (Lipinski definition) is 2. The molecule has 100 valence electrons. The summed E-state index contributed by atoms with van der Waals surface area (Å²) in [6, 6.07) is 6.10. The Morgan fingerprint density at radius 3 is 2.44 bits per heavy atom. The van der Waals surface area contributed by atoms with E-state index in [1.54, 1.807) is 31.2 Å². The average molecular weight is 282 g/mol. The molecule has 0 spiro atoms. The minimum atomic E-state index is -4.53. The minimum Gasteiger partial charge on any atom is -0.440 e. The summed E-state index contributed by atoms with van der Waals surface area (Å²) in [6.45, 7) is 0.0181. The Balaban J connectivity index is 2.47. The number of halogens is 4. The molecule has 0 radical (unpaired) electrons. The van der Waals surface area contributed by atoms with Gasteiger partial charge in [-0.05, 0) is 24.6 Å². The molecule has 0 aliphatic heterocycles. The van der Waals surface area contributed by atoms with Gasteiger partial charge in [0.15, 0.2) is 6.61 Å². The van der Waals surface area contributed by atoms with E-state index in [-0.39, 0.29) is 0 Å². The summed E-state index contributed by atoms with van der Waals surface area (Å²) in [5, 5.41) is 2.82. The Labute approximate surface area is 107 Å². The number of carbonyl (C=O) groups excluding carboxylic acids is 1. The fraction of sp³-hybridized carbons (Fsp3) is 0.364. The van der Waals surface area contributed by atoms with Crippen molar-refractivity contribution in [1.82, 2.24) is 5.32 Å². The quantitative estimate of drug-likeness (QED) is 0.917. The van der Waals surface area contributed by atoms with E-state index in [1.807, 2.05) is 0 Å². The van der Waals surface area contributed by atoms with E-state index in [4.69, 9.17) is 11.6 Å². The Kier molecular flexibility index (Phi) is 4.84. The summed E-state index contributed by atoms with van der Waals surface area (Å²) < 4.78 is 39.4. The van der Waals surface area contributed by atoms with Crippen LogP contribution in [0.1, 0.15) is 18.5 Å². The van der Waals surface area contributed by atoms with E-state index in [0.717, 1.165) is 0 Å². The molecule has 0 saturated carbocycles. The van der Waals surface area contributed by atoms with Crippen LogP contribution in [0.2, 0.25) is 5.02 Å². The zero-order valence-corrected chi connectivity index (χ0v) is 10.2.